The van der Waals surface area contributed by atoms with Crippen molar-refractivity contribution in [2.45, 2.75) is 52.5 Å². The Labute approximate surface area is 122 Å². The van der Waals surface area contributed by atoms with Crippen molar-refractivity contribution in [1.29, 1.82) is 0 Å². The second kappa shape index (κ2) is 7.70. The van der Waals surface area contributed by atoms with Gasteiger partial charge in [-0.15, -0.1) is 13.2 Å². The first-order chi connectivity index (χ1) is 8.66. The molecule has 0 aromatic heterocycles. The van der Waals surface area contributed by atoms with Crippen molar-refractivity contribution < 1.29 is 12.7 Å². The van der Waals surface area contributed by atoms with Crippen LogP contribution in [-0.4, -0.2) is 32.0 Å². The molecule has 0 aliphatic rings. The first-order valence-corrected chi connectivity index (χ1v) is 14.9. The topological polar surface area (TPSA) is 27.7 Å². The van der Waals surface area contributed by atoms with E-state index in [0.717, 1.165) is 12.5 Å². The normalized spacial score (nSPS) is 13.4. The molecule has 0 fully saturated rings. The maximum atomic E-state index is 6.40. The van der Waals surface area contributed by atoms with Crippen molar-refractivity contribution in [2.24, 2.45) is 0 Å². The van der Waals surface area contributed by atoms with Gasteiger partial charge in [0.25, 0.3) is 0 Å². The molecule has 0 amide bonds. The Balaban J connectivity index is 5.28. The van der Waals surface area contributed by atoms with Gasteiger partial charge in [0.2, 0.25) is 16.6 Å². The fourth-order valence-electron chi connectivity index (χ4n) is 1.66. The average molecular weight is 319 g/mol. The molecule has 0 saturated carbocycles. The van der Waals surface area contributed by atoms with Crippen molar-refractivity contribution in [3.63, 3.8) is 0 Å². The van der Waals surface area contributed by atoms with E-state index in [9.17, 15) is 0 Å². The summed E-state index contributed by atoms with van der Waals surface area (Å²) in [5, 5.41) is 0. The van der Waals surface area contributed by atoms with E-state index >= 15 is 0 Å². The van der Waals surface area contributed by atoms with Gasteiger partial charge < -0.3 is 12.7 Å². The van der Waals surface area contributed by atoms with Crippen LogP contribution in [0.25, 0.3) is 0 Å². The van der Waals surface area contributed by atoms with Gasteiger partial charge in [0.1, 0.15) is 0 Å². The first kappa shape index (κ1) is 19.0. The van der Waals surface area contributed by atoms with Gasteiger partial charge in [0.05, 0.1) is 0 Å². The van der Waals surface area contributed by atoms with Crippen LogP contribution in [0.1, 0.15) is 20.3 Å². The Kier molecular flexibility index (Phi) is 7.71. The van der Waals surface area contributed by atoms with Crippen molar-refractivity contribution in [3.05, 3.63) is 24.6 Å². The summed E-state index contributed by atoms with van der Waals surface area (Å²) in [4.78, 5) is 0. The van der Waals surface area contributed by atoms with Crippen LogP contribution in [0.2, 0.25) is 32.2 Å². The lowest BCUT2D eigenvalue weighted by molar-refractivity contribution is 0.170. The molecule has 0 aromatic rings. The smallest absolute Gasteiger partial charge is 0.412 e. The van der Waals surface area contributed by atoms with E-state index in [0.29, 0.717) is 6.61 Å². The molecule has 0 spiro atoms. The molecular formula is C13H30O3Si3. The summed E-state index contributed by atoms with van der Waals surface area (Å²) in [6, 6.07) is 0.857. The molecule has 0 unspecified atom stereocenters. The third-order valence-corrected chi connectivity index (χ3v) is 13.2. The van der Waals surface area contributed by atoms with Gasteiger partial charge in [-0.25, -0.2) is 0 Å². The number of hydrogen-bond donors (Lipinski definition) is 0. The molecular weight excluding hydrogens is 288 g/mol. The summed E-state index contributed by atoms with van der Waals surface area (Å²) in [6.07, 6.45) is 0.996. The zero-order chi connectivity index (χ0) is 15.2. The molecule has 3 nitrogen and oxygen atoms in total. The van der Waals surface area contributed by atoms with Gasteiger partial charge in [-0.1, -0.05) is 24.7 Å². The molecule has 0 radical (unpaired) electrons. The van der Waals surface area contributed by atoms with E-state index in [1.165, 1.54) is 0 Å². The standard InChI is InChI=1S/C13H30O3Si3/c1-9-13-19(14-10-2,15-17(5,6)11-3)16-18(7,8)12-4/h11-12H,3-4,9-10,13H2,1-2,5-8H3. The summed E-state index contributed by atoms with van der Waals surface area (Å²) < 4.78 is 18.8. The van der Waals surface area contributed by atoms with Gasteiger partial charge >= 0.3 is 8.80 Å². The minimum atomic E-state index is -2.63. The summed E-state index contributed by atoms with van der Waals surface area (Å²) in [6.45, 7) is 21.0. The fraction of sp³-hybridized carbons (Fsp3) is 0.692. The molecule has 19 heavy (non-hydrogen) atoms. The minimum absolute atomic E-state index is 0.621. The number of hydrogen-bond acceptors (Lipinski definition) is 3. The van der Waals surface area contributed by atoms with Crippen LogP contribution >= 0.6 is 0 Å². The van der Waals surface area contributed by atoms with Gasteiger partial charge in [0.15, 0.2) is 0 Å². The van der Waals surface area contributed by atoms with E-state index in [1.807, 2.05) is 18.3 Å². The molecule has 0 bridgehead atoms. The quantitative estimate of drug-likeness (QED) is 0.563. The molecule has 0 aromatic carbocycles. The molecule has 0 heterocycles. The van der Waals surface area contributed by atoms with Crippen LogP contribution in [0.3, 0.4) is 0 Å². The predicted molar refractivity (Wildman–Crippen MR) is 90.0 cm³/mol. The Morgan fingerprint density at radius 3 is 1.58 bits per heavy atom. The highest BCUT2D eigenvalue weighted by molar-refractivity contribution is 6.89. The van der Waals surface area contributed by atoms with Crippen LogP contribution in [0.4, 0.5) is 0 Å². The van der Waals surface area contributed by atoms with E-state index < -0.39 is 25.4 Å². The molecule has 0 atom stereocenters. The SMILES string of the molecule is C=C[Si](C)(C)O[Si](CCC)(OCC)O[Si](C)(C)C=C. The second-order valence-electron chi connectivity index (χ2n) is 5.69. The second-order valence-corrected chi connectivity index (χ2v) is 16.7. The molecule has 0 N–H and O–H groups in total. The van der Waals surface area contributed by atoms with E-state index in [4.69, 9.17) is 12.7 Å². The van der Waals surface area contributed by atoms with E-state index in [2.05, 4.69) is 46.3 Å². The highest BCUT2D eigenvalue weighted by atomic mass is 28.5. The lowest BCUT2D eigenvalue weighted by atomic mass is 10.6. The highest BCUT2D eigenvalue weighted by Crippen LogP contribution is 2.27. The molecule has 0 aliphatic heterocycles. The zero-order valence-corrected chi connectivity index (χ0v) is 16.4. The van der Waals surface area contributed by atoms with Gasteiger partial charge in [-0.2, -0.15) is 0 Å². The van der Waals surface area contributed by atoms with Crippen LogP contribution in [0.5, 0.6) is 0 Å². The number of rotatable bonds is 10. The van der Waals surface area contributed by atoms with Crippen LogP contribution in [0, 0.1) is 0 Å². The third-order valence-electron chi connectivity index (χ3n) is 2.74. The summed E-state index contributed by atoms with van der Waals surface area (Å²) in [5.41, 5.74) is 3.88. The van der Waals surface area contributed by atoms with E-state index in [1.54, 1.807) is 0 Å². The van der Waals surface area contributed by atoms with Crippen LogP contribution in [-0.2, 0) is 12.7 Å². The maximum absolute atomic E-state index is 6.40. The third kappa shape index (κ3) is 6.82. The zero-order valence-electron chi connectivity index (χ0n) is 13.4. The van der Waals surface area contributed by atoms with Crippen molar-refractivity contribution >= 4 is 25.4 Å². The highest BCUT2D eigenvalue weighted by Gasteiger charge is 2.47. The van der Waals surface area contributed by atoms with Gasteiger partial charge in [-0.05, 0) is 33.1 Å². The summed E-state index contributed by atoms with van der Waals surface area (Å²) in [5.74, 6) is 0. The lowest BCUT2D eigenvalue weighted by Crippen LogP contribution is -2.57. The molecule has 6 heteroatoms. The lowest BCUT2D eigenvalue weighted by Gasteiger charge is -2.39. The minimum Gasteiger partial charge on any atom is -0.412 e. The van der Waals surface area contributed by atoms with Gasteiger partial charge in [-0.3, -0.25) is 0 Å². The molecule has 0 rings (SSSR count). The maximum Gasteiger partial charge on any atom is 0.480 e. The van der Waals surface area contributed by atoms with Crippen molar-refractivity contribution in [1.82, 2.24) is 0 Å². The predicted octanol–water partition coefficient (Wildman–Crippen LogP) is 4.27. The van der Waals surface area contributed by atoms with Crippen molar-refractivity contribution in [2.75, 3.05) is 6.61 Å². The molecule has 112 valence electrons. The van der Waals surface area contributed by atoms with Crippen LogP contribution in [0.15, 0.2) is 24.6 Å². The molecule has 0 aliphatic carbocycles. The van der Waals surface area contributed by atoms with Crippen LogP contribution < -0.4 is 0 Å². The van der Waals surface area contributed by atoms with E-state index in [-0.39, 0.29) is 0 Å². The Morgan fingerprint density at radius 1 is 0.895 bits per heavy atom. The summed E-state index contributed by atoms with van der Waals surface area (Å²) >= 11 is 0. The monoisotopic (exact) mass is 318 g/mol. The fourth-order valence-corrected chi connectivity index (χ4v) is 11.8. The first-order valence-electron chi connectivity index (χ1n) is 6.97. The summed E-state index contributed by atoms with van der Waals surface area (Å²) in [7, 11) is -6.50. The Morgan fingerprint density at radius 2 is 1.32 bits per heavy atom. The average Bonchev–Trinajstić information content (AvgIpc) is 2.28. The largest absolute Gasteiger partial charge is 0.480 e. The van der Waals surface area contributed by atoms with Crippen molar-refractivity contribution in [3.8, 4) is 0 Å². The molecule has 0 saturated heterocycles. The van der Waals surface area contributed by atoms with Gasteiger partial charge in [0, 0.05) is 12.7 Å². The Hall–Kier alpha value is 0.0106. The Bertz CT molecular complexity index is 274.